The number of aliphatic imine (C=N–C) groups is 1. The van der Waals surface area contributed by atoms with Crippen LogP contribution in [-0.2, 0) is 4.74 Å². The average molecular weight is 408 g/mol. The summed E-state index contributed by atoms with van der Waals surface area (Å²) in [5, 5.41) is 7.62. The third kappa shape index (κ3) is 4.67. The third-order valence-electron chi connectivity index (χ3n) is 5.73. The van der Waals surface area contributed by atoms with E-state index in [9.17, 15) is 4.79 Å². The van der Waals surface area contributed by atoms with E-state index < -0.39 is 0 Å². The van der Waals surface area contributed by atoms with Crippen molar-refractivity contribution in [3.63, 3.8) is 0 Å². The molecule has 2 bridgehead atoms. The zero-order valence-electron chi connectivity index (χ0n) is 15.3. The van der Waals surface area contributed by atoms with Crippen molar-refractivity contribution in [1.29, 1.82) is 0 Å². The summed E-state index contributed by atoms with van der Waals surface area (Å²) in [6.45, 7) is 1.34. The van der Waals surface area contributed by atoms with E-state index in [1.807, 2.05) is 29.4 Å². The predicted molar refractivity (Wildman–Crippen MR) is 111 cm³/mol. The lowest BCUT2D eigenvalue weighted by molar-refractivity contribution is -0.0440. The van der Waals surface area contributed by atoms with E-state index in [1.165, 1.54) is 19.3 Å². The molecule has 146 valence electrons. The molecule has 0 aromatic heterocycles. The highest BCUT2D eigenvalue weighted by molar-refractivity contribution is 8.12. The van der Waals surface area contributed by atoms with Gasteiger partial charge in [-0.1, -0.05) is 36.6 Å². The quantitative estimate of drug-likeness (QED) is 0.802. The molecule has 1 aromatic carbocycles. The second-order valence-electron chi connectivity index (χ2n) is 7.55. The highest BCUT2D eigenvalue weighted by Gasteiger charge is 2.39. The highest BCUT2D eigenvalue weighted by atomic mass is 35.5. The zero-order valence-corrected chi connectivity index (χ0v) is 16.8. The first kappa shape index (κ1) is 19.2. The van der Waals surface area contributed by atoms with Crippen molar-refractivity contribution < 1.29 is 9.53 Å². The minimum absolute atomic E-state index is 0.158. The first-order valence-electron chi connectivity index (χ1n) is 9.78. The van der Waals surface area contributed by atoms with Crippen LogP contribution in [0.15, 0.2) is 29.3 Å². The molecule has 0 spiro atoms. The van der Waals surface area contributed by atoms with E-state index in [0.29, 0.717) is 34.3 Å². The summed E-state index contributed by atoms with van der Waals surface area (Å²) < 4.78 is 6.48. The molecular formula is C20H26ClN3O2S. The molecular weight excluding hydrogens is 382 g/mol. The van der Waals surface area contributed by atoms with Gasteiger partial charge < -0.3 is 10.1 Å². The number of rotatable bonds is 4. The predicted octanol–water partition coefficient (Wildman–Crippen LogP) is 3.48. The Morgan fingerprint density at radius 2 is 2.19 bits per heavy atom. The Labute approximate surface area is 169 Å². The number of amides is 1. The Morgan fingerprint density at radius 1 is 1.33 bits per heavy atom. The second-order valence-corrected chi connectivity index (χ2v) is 9.04. The minimum atomic E-state index is -0.165. The molecule has 2 fully saturated rings. The molecule has 5 atom stereocenters. The maximum Gasteiger partial charge on any atom is 0.252 e. The fourth-order valence-corrected chi connectivity index (χ4v) is 5.56. The lowest BCUT2D eigenvalue weighted by Gasteiger charge is -2.32. The molecule has 1 saturated heterocycles. The van der Waals surface area contributed by atoms with Crippen molar-refractivity contribution in [1.82, 2.24) is 10.6 Å². The number of thioether (sulfide) groups is 1. The van der Waals surface area contributed by atoms with Crippen LogP contribution in [0.4, 0.5) is 0 Å². The molecule has 5 nitrogen and oxygen atoms in total. The number of carbonyl (C=O) groups is 1. The number of benzene rings is 1. The van der Waals surface area contributed by atoms with Gasteiger partial charge in [0.05, 0.1) is 35.3 Å². The van der Waals surface area contributed by atoms with Gasteiger partial charge in [0.2, 0.25) is 0 Å². The van der Waals surface area contributed by atoms with Crippen molar-refractivity contribution >= 4 is 34.8 Å². The van der Waals surface area contributed by atoms with Crippen LogP contribution >= 0.6 is 23.4 Å². The van der Waals surface area contributed by atoms with Gasteiger partial charge in [0.15, 0.2) is 0 Å². The average Bonchev–Trinajstić information content (AvgIpc) is 3.15. The summed E-state index contributed by atoms with van der Waals surface area (Å²) in [5.74, 6) is 0.356. The molecule has 2 N–H and O–H groups in total. The van der Waals surface area contributed by atoms with Crippen molar-refractivity contribution in [3.05, 3.63) is 34.9 Å². The van der Waals surface area contributed by atoms with E-state index in [0.717, 1.165) is 19.4 Å². The molecule has 0 radical (unpaired) electrons. The second kappa shape index (κ2) is 8.95. The standard InChI is InChI=1S/C20H26ClN3O2S/c21-16-7-3-2-6-14(16)20(25)23-11-19-24-13-5-1-4-8-17(26-19)15(9-13)18-10-22-12-27-18/h2-3,6-7,12-13,15,17-19,24H,1,4-5,8-11H2,(H,23,25). The zero-order chi connectivity index (χ0) is 18.6. The molecule has 1 amide bonds. The molecule has 2 heterocycles. The Kier molecular flexibility index (Phi) is 6.38. The van der Waals surface area contributed by atoms with Crippen LogP contribution in [-0.4, -0.2) is 48.2 Å². The SMILES string of the molecule is O=C(NCC1NC2CCCCC(O1)C(C1CN=CS1)C2)c1ccccc1Cl. The van der Waals surface area contributed by atoms with Crippen molar-refractivity contribution in [3.8, 4) is 0 Å². The van der Waals surface area contributed by atoms with Gasteiger partial charge in [-0.3, -0.25) is 15.1 Å². The topological polar surface area (TPSA) is 62.7 Å². The van der Waals surface area contributed by atoms with E-state index in [1.54, 1.807) is 12.1 Å². The normalized spacial score (nSPS) is 33.3. The Hall–Kier alpha value is -1.08. The highest BCUT2D eigenvalue weighted by Crippen LogP contribution is 2.37. The van der Waals surface area contributed by atoms with Gasteiger partial charge in [0.1, 0.15) is 6.23 Å². The van der Waals surface area contributed by atoms with Crippen LogP contribution in [0.3, 0.4) is 0 Å². The third-order valence-corrected chi connectivity index (χ3v) is 7.17. The number of hydrogen-bond acceptors (Lipinski definition) is 5. The number of halogens is 1. The lowest BCUT2D eigenvalue weighted by Crippen LogP contribution is -2.46. The van der Waals surface area contributed by atoms with Crippen LogP contribution in [0.5, 0.6) is 0 Å². The van der Waals surface area contributed by atoms with Gasteiger partial charge in [-0.25, -0.2) is 0 Å². The number of nitrogens with zero attached hydrogens (tertiary/aromatic N) is 1. The summed E-state index contributed by atoms with van der Waals surface area (Å²) in [7, 11) is 0. The molecule has 1 saturated carbocycles. The van der Waals surface area contributed by atoms with Crippen molar-refractivity contribution in [2.45, 2.75) is 55.7 Å². The van der Waals surface area contributed by atoms with Gasteiger partial charge in [-0.15, -0.1) is 11.8 Å². The van der Waals surface area contributed by atoms with Crippen LogP contribution in [0.1, 0.15) is 42.5 Å². The summed E-state index contributed by atoms with van der Waals surface area (Å²) in [6, 6.07) is 7.55. The monoisotopic (exact) mass is 407 g/mol. The van der Waals surface area contributed by atoms with E-state index in [-0.39, 0.29) is 18.2 Å². The van der Waals surface area contributed by atoms with Gasteiger partial charge in [0, 0.05) is 17.2 Å². The Balaban J connectivity index is 1.41. The van der Waals surface area contributed by atoms with Crippen LogP contribution in [0.2, 0.25) is 5.02 Å². The minimum Gasteiger partial charge on any atom is -0.358 e. The van der Waals surface area contributed by atoms with Crippen LogP contribution < -0.4 is 10.6 Å². The van der Waals surface area contributed by atoms with Crippen molar-refractivity contribution in [2.75, 3.05) is 13.1 Å². The number of carbonyl (C=O) groups excluding carboxylic acids is 1. The smallest absolute Gasteiger partial charge is 0.252 e. The largest absolute Gasteiger partial charge is 0.358 e. The Morgan fingerprint density at radius 3 is 3.00 bits per heavy atom. The number of hydrogen-bond donors (Lipinski definition) is 2. The summed E-state index contributed by atoms with van der Waals surface area (Å²) in [5.41, 5.74) is 2.49. The summed E-state index contributed by atoms with van der Waals surface area (Å²) in [6.07, 6.45) is 5.88. The fraction of sp³-hybridized carbons (Fsp3) is 0.600. The molecule has 3 aliphatic rings. The fourth-order valence-electron chi connectivity index (χ4n) is 4.35. The molecule has 5 unspecified atom stereocenters. The molecule has 27 heavy (non-hydrogen) atoms. The number of ether oxygens (including phenoxy) is 1. The Bertz CT molecular complexity index is 694. The van der Waals surface area contributed by atoms with Gasteiger partial charge in [0.25, 0.3) is 5.91 Å². The first-order chi connectivity index (χ1) is 13.2. The summed E-state index contributed by atoms with van der Waals surface area (Å²) in [4.78, 5) is 16.9. The first-order valence-corrected chi connectivity index (χ1v) is 11.1. The maximum atomic E-state index is 12.5. The molecule has 1 aliphatic carbocycles. The molecule has 1 aromatic rings. The van der Waals surface area contributed by atoms with Gasteiger partial charge >= 0.3 is 0 Å². The number of fused-ring (bicyclic) bond motifs is 3. The van der Waals surface area contributed by atoms with Gasteiger partial charge in [-0.2, -0.15) is 0 Å². The molecule has 7 heteroatoms. The van der Waals surface area contributed by atoms with Crippen LogP contribution in [0.25, 0.3) is 0 Å². The maximum absolute atomic E-state index is 12.5. The van der Waals surface area contributed by atoms with E-state index in [2.05, 4.69) is 15.6 Å². The van der Waals surface area contributed by atoms with E-state index >= 15 is 0 Å². The van der Waals surface area contributed by atoms with Crippen LogP contribution in [0, 0.1) is 5.92 Å². The summed E-state index contributed by atoms with van der Waals surface area (Å²) >= 11 is 7.98. The molecule has 2 aliphatic heterocycles. The number of nitrogens with one attached hydrogen (secondary N) is 2. The lowest BCUT2D eigenvalue weighted by atomic mass is 9.84. The molecule has 4 rings (SSSR count). The van der Waals surface area contributed by atoms with E-state index in [4.69, 9.17) is 16.3 Å². The van der Waals surface area contributed by atoms with Crippen molar-refractivity contribution in [2.24, 2.45) is 10.9 Å². The van der Waals surface area contributed by atoms with Gasteiger partial charge in [-0.05, 0) is 31.4 Å².